The molecule has 1 aromatic carbocycles. The van der Waals surface area contributed by atoms with Gasteiger partial charge in [-0.15, -0.1) is 0 Å². The van der Waals surface area contributed by atoms with Gasteiger partial charge in [-0.05, 0) is 139 Å². The second-order valence-corrected chi connectivity index (χ2v) is 19.9. The summed E-state index contributed by atoms with van der Waals surface area (Å²) in [5, 5.41) is 25.8. The maximum Gasteiger partial charge on any atom is 0.329 e. The van der Waals surface area contributed by atoms with E-state index >= 15 is 0 Å². The highest BCUT2D eigenvalue weighted by molar-refractivity contribution is 6.39. The third-order valence-electron chi connectivity index (χ3n) is 14.5. The molecule has 4 aliphatic rings. The molecule has 14 heteroatoms. The van der Waals surface area contributed by atoms with E-state index in [4.69, 9.17) is 28.4 Å². The van der Waals surface area contributed by atoms with Crippen molar-refractivity contribution in [1.29, 1.82) is 0 Å². The van der Waals surface area contributed by atoms with E-state index in [1.54, 1.807) is 35.2 Å². The fourth-order valence-electron chi connectivity index (χ4n) is 10.7. The minimum Gasteiger partial charge on any atom is -0.497 e. The van der Waals surface area contributed by atoms with Crippen LogP contribution in [0, 0.1) is 29.6 Å². The highest BCUT2D eigenvalue weighted by Gasteiger charge is 2.56. The first-order valence-electron chi connectivity index (χ1n) is 24.5. The van der Waals surface area contributed by atoms with E-state index < -0.39 is 65.9 Å². The number of ketones is 2. The van der Waals surface area contributed by atoms with Crippen LogP contribution in [0.3, 0.4) is 0 Å². The third-order valence-corrected chi connectivity index (χ3v) is 14.5. The number of allylic oxidation sites excluding steroid dienone is 3. The van der Waals surface area contributed by atoms with Crippen molar-refractivity contribution in [3.63, 3.8) is 0 Å². The van der Waals surface area contributed by atoms with Crippen LogP contribution in [0.1, 0.15) is 126 Å². The van der Waals surface area contributed by atoms with Gasteiger partial charge in [-0.3, -0.25) is 14.4 Å². The molecular formula is C52H80N2O12. The number of hydrogen-bond donors (Lipinski definition) is 3. The number of hydrogen-bond acceptors (Lipinski definition) is 13. The first kappa shape index (κ1) is 53.3. The zero-order chi connectivity index (χ0) is 48.3. The van der Waals surface area contributed by atoms with E-state index in [1.165, 1.54) is 4.90 Å². The number of carbonyl (C=O) groups is 4. The molecule has 66 heavy (non-hydrogen) atoms. The molecule has 5 rings (SSSR count). The van der Waals surface area contributed by atoms with Crippen molar-refractivity contribution >= 4 is 23.4 Å². The molecule has 0 aromatic heterocycles. The summed E-state index contributed by atoms with van der Waals surface area (Å²) in [6, 6.07) is 6.39. The van der Waals surface area contributed by atoms with Crippen LogP contribution in [0.5, 0.6) is 11.5 Å². The maximum atomic E-state index is 14.6. The average Bonchev–Trinajstić information content (AvgIpc) is 3.30. The Balaban J connectivity index is 1.48. The van der Waals surface area contributed by atoms with E-state index in [0.29, 0.717) is 63.7 Å². The second kappa shape index (κ2) is 24.6. The second-order valence-electron chi connectivity index (χ2n) is 19.9. The number of aliphatic hydroxyl groups excluding tert-OH is 1. The van der Waals surface area contributed by atoms with Crippen LogP contribution in [0.15, 0.2) is 47.6 Å². The molecule has 14 nitrogen and oxygen atoms in total. The van der Waals surface area contributed by atoms with Crippen molar-refractivity contribution in [2.75, 3.05) is 34.4 Å². The minimum atomic E-state index is -2.48. The first-order chi connectivity index (χ1) is 31.4. The zero-order valence-electron chi connectivity index (χ0n) is 41.3. The monoisotopic (exact) mass is 925 g/mol. The molecule has 1 aliphatic carbocycles. The van der Waals surface area contributed by atoms with Gasteiger partial charge in [0.05, 0.1) is 25.4 Å². The van der Waals surface area contributed by atoms with Crippen molar-refractivity contribution in [3.8, 4) is 11.5 Å². The number of carbonyl (C=O) groups excluding carboxylic acids is 4. The molecule has 0 spiro atoms. The Kier molecular flexibility index (Phi) is 19.8. The highest BCUT2D eigenvalue weighted by Crippen LogP contribution is 2.39. The van der Waals surface area contributed by atoms with Crippen LogP contribution in [-0.2, 0) is 38.1 Å². The standard InChI is InChI=1S/C52H80N2O12/c1-11-38-25-31(2)24-32(3)26-45(62-9)48-46(63-10)28-35(6)52(60,66-48)49(57)50(58)54-23-13-12-14-42(54)51(59)65-47(33(4)15-22-43(38)56)34(5)27-37-16-21-41(53-30-36(7)55)44(29-37)64-40-19-17-39(61-8)18-20-40/h17-20,25,27,32-33,35-38,41-42,44-48,53,55,60H,11-16,21-24,26,28-30H2,1-10H3/t32?,33?,35?,36-,37?,38?,41?,42?,44?,45?,46?,47?,48?,52?/m0/s1. The Morgan fingerprint density at radius 2 is 1.62 bits per heavy atom. The number of Topliss-reactive ketones (excluding diaryl/α,β-unsaturated/α-hetero) is 2. The van der Waals surface area contributed by atoms with Crippen LogP contribution in [0.25, 0.3) is 0 Å². The summed E-state index contributed by atoms with van der Waals surface area (Å²) in [5.74, 6) is -4.92. The maximum absolute atomic E-state index is 14.6. The lowest BCUT2D eigenvalue weighted by molar-refractivity contribution is -0.302. The fourth-order valence-corrected chi connectivity index (χ4v) is 10.7. The number of amides is 1. The van der Waals surface area contributed by atoms with Gasteiger partial charge in [-0.2, -0.15) is 0 Å². The molecule has 2 saturated heterocycles. The SMILES string of the molecule is CCC1C=C(C)CC(C)CC(OC)C2OC(O)(C(=O)C(=O)N3CCCCC3C(=O)OC(C(C)=CC3CCC(NC[C@H](C)O)C(Oc4ccc(OC)cc4)C3)C(C)CCC1=O)C(C)CC2OC. The molecule has 14 atom stereocenters. The number of fused-ring (bicyclic) bond motifs is 3. The lowest BCUT2D eigenvalue weighted by Crippen LogP contribution is -2.64. The Labute approximate surface area is 393 Å². The van der Waals surface area contributed by atoms with Gasteiger partial charge in [0.1, 0.15) is 41.6 Å². The van der Waals surface area contributed by atoms with Gasteiger partial charge in [0.2, 0.25) is 5.79 Å². The van der Waals surface area contributed by atoms with E-state index in [1.807, 2.05) is 52.0 Å². The molecule has 3 aliphatic heterocycles. The van der Waals surface area contributed by atoms with Gasteiger partial charge in [-0.1, -0.05) is 45.4 Å². The molecular weight excluding hydrogens is 845 g/mol. The van der Waals surface area contributed by atoms with Gasteiger partial charge in [0.25, 0.3) is 11.7 Å². The van der Waals surface area contributed by atoms with E-state index in [-0.39, 0.29) is 61.0 Å². The molecule has 3 heterocycles. The molecule has 3 N–H and O–H groups in total. The lowest BCUT2D eigenvalue weighted by Gasteiger charge is -2.47. The number of aliphatic hydroxyl groups is 2. The Hall–Kier alpha value is -3.66. The molecule has 0 radical (unpaired) electrons. The van der Waals surface area contributed by atoms with Crippen LogP contribution in [-0.4, -0.2) is 127 Å². The van der Waals surface area contributed by atoms with Crippen LogP contribution >= 0.6 is 0 Å². The number of ether oxygens (including phenoxy) is 6. The summed E-state index contributed by atoms with van der Waals surface area (Å²) in [4.78, 5) is 58.6. The van der Waals surface area contributed by atoms with Crippen molar-refractivity contribution in [2.45, 2.75) is 180 Å². The van der Waals surface area contributed by atoms with Gasteiger partial charge in [0.15, 0.2) is 0 Å². The number of methoxy groups -OCH3 is 3. The third kappa shape index (κ3) is 13.5. The topological polar surface area (TPSA) is 179 Å². The quantitative estimate of drug-likeness (QED) is 0.118. The summed E-state index contributed by atoms with van der Waals surface area (Å²) < 4.78 is 36.6. The Morgan fingerprint density at radius 1 is 0.939 bits per heavy atom. The molecule has 13 unspecified atom stereocenters. The summed E-state index contributed by atoms with van der Waals surface area (Å²) in [6.07, 6.45) is 7.34. The molecule has 370 valence electrons. The van der Waals surface area contributed by atoms with Gasteiger partial charge in [0, 0.05) is 51.6 Å². The number of nitrogens with one attached hydrogen (secondary N) is 1. The molecule has 2 bridgehead atoms. The van der Waals surface area contributed by atoms with E-state index in [9.17, 15) is 29.4 Å². The number of rotatable bonds is 11. The van der Waals surface area contributed by atoms with Crippen LogP contribution in [0.4, 0.5) is 0 Å². The predicted molar refractivity (Wildman–Crippen MR) is 251 cm³/mol. The smallest absolute Gasteiger partial charge is 0.329 e. The molecule has 3 fully saturated rings. The van der Waals surface area contributed by atoms with Crippen molar-refractivity contribution in [3.05, 3.63) is 47.6 Å². The Bertz CT molecular complexity index is 1830. The van der Waals surface area contributed by atoms with Gasteiger partial charge >= 0.3 is 5.97 Å². The van der Waals surface area contributed by atoms with Gasteiger partial charge < -0.3 is 48.9 Å². The predicted octanol–water partition coefficient (Wildman–Crippen LogP) is 6.92. The van der Waals surface area contributed by atoms with Crippen LogP contribution in [0.2, 0.25) is 0 Å². The number of cyclic esters (lactones) is 1. The first-order valence-corrected chi connectivity index (χ1v) is 24.5. The highest BCUT2D eigenvalue weighted by atomic mass is 16.7. The summed E-state index contributed by atoms with van der Waals surface area (Å²) in [7, 11) is 4.73. The van der Waals surface area contributed by atoms with Crippen LogP contribution < -0.4 is 14.8 Å². The molecule has 1 aromatic rings. The average molecular weight is 925 g/mol. The minimum absolute atomic E-state index is 0.0118. The van der Waals surface area contributed by atoms with E-state index in [2.05, 4.69) is 24.4 Å². The number of nitrogens with zero attached hydrogens (tertiary/aromatic N) is 1. The number of esters is 1. The van der Waals surface area contributed by atoms with Crippen molar-refractivity contribution in [2.24, 2.45) is 29.6 Å². The van der Waals surface area contributed by atoms with Crippen molar-refractivity contribution < 1.29 is 57.8 Å². The number of piperidine rings is 1. The van der Waals surface area contributed by atoms with Gasteiger partial charge in [-0.25, -0.2) is 4.79 Å². The summed E-state index contributed by atoms with van der Waals surface area (Å²) in [5.41, 5.74) is 1.90. The fraction of sp³-hybridized carbons (Fsp3) is 0.731. The summed E-state index contributed by atoms with van der Waals surface area (Å²) >= 11 is 0. The largest absolute Gasteiger partial charge is 0.497 e. The zero-order valence-corrected chi connectivity index (χ0v) is 41.3. The van der Waals surface area contributed by atoms with E-state index in [0.717, 1.165) is 29.7 Å². The Morgan fingerprint density at radius 3 is 2.27 bits per heavy atom. The van der Waals surface area contributed by atoms with Crippen molar-refractivity contribution in [1.82, 2.24) is 10.2 Å². The lowest BCUT2D eigenvalue weighted by atomic mass is 9.81. The normalized spacial score (nSPS) is 35.5. The molecule has 1 saturated carbocycles. The number of benzene rings is 1. The summed E-state index contributed by atoms with van der Waals surface area (Å²) in [6.45, 7) is 14.1. The molecule has 1 amide bonds.